The van der Waals surface area contributed by atoms with Crippen LogP contribution in [-0.2, 0) is 5.41 Å². The molecule has 0 unspecified atom stereocenters. The lowest BCUT2D eigenvalue weighted by molar-refractivity contribution is 0.669. The van der Waals surface area contributed by atoms with Crippen LogP contribution in [0.3, 0.4) is 0 Å². The molecule has 1 heterocycles. The van der Waals surface area contributed by atoms with E-state index in [9.17, 15) is 0 Å². The van der Waals surface area contributed by atoms with Gasteiger partial charge in [0.15, 0.2) is 5.58 Å². The summed E-state index contributed by atoms with van der Waals surface area (Å²) in [5.41, 5.74) is 16.4. The van der Waals surface area contributed by atoms with Crippen molar-refractivity contribution < 1.29 is 4.42 Å². The zero-order chi connectivity index (χ0) is 40.3. The Morgan fingerprint density at radius 2 is 0.902 bits per heavy atom. The van der Waals surface area contributed by atoms with E-state index >= 15 is 0 Å². The number of benzene rings is 10. The number of furan rings is 1. The zero-order valence-electron chi connectivity index (χ0n) is 33.4. The van der Waals surface area contributed by atoms with Crippen molar-refractivity contribution in [2.45, 2.75) is 5.41 Å². The maximum Gasteiger partial charge on any atom is 0.159 e. The molecule has 0 N–H and O–H groups in total. The lowest BCUT2D eigenvalue weighted by atomic mass is 9.67. The van der Waals surface area contributed by atoms with Gasteiger partial charge in [-0.1, -0.05) is 200 Å². The fourth-order valence-corrected chi connectivity index (χ4v) is 10.1. The molecule has 11 aromatic rings. The minimum absolute atomic E-state index is 0.548. The molecular formula is C59H39NO. The maximum absolute atomic E-state index is 6.85. The van der Waals surface area contributed by atoms with Crippen LogP contribution in [0.2, 0.25) is 0 Å². The summed E-state index contributed by atoms with van der Waals surface area (Å²) in [6.07, 6.45) is 0. The molecule has 1 aliphatic rings. The second kappa shape index (κ2) is 14.1. The first-order valence-electron chi connectivity index (χ1n) is 21.0. The summed E-state index contributed by atoms with van der Waals surface area (Å²) in [6.45, 7) is 0. The summed E-state index contributed by atoms with van der Waals surface area (Å²) in [6, 6.07) is 86.0. The SMILES string of the molecule is c1ccc(C2(c3ccccc3)c3ccccc3-c3ccc(N(c4ccccc4-c4cccc(-c5cccc6ccccc56)c4)c4cccc5c4oc4ccccc45)cc32)cc1. The number of anilines is 3. The van der Waals surface area contributed by atoms with E-state index in [1.165, 1.54) is 55.3 Å². The highest BCUT2D eigenvalue weighted by molar-refractivity contribution is 6.11. The fraction of sp³-hybridized carbons (Fsp3) is 0.0169. The molecule has 0 atom stereocenters. The first-order valence-corrected chi connectivity index (χ1v) is 21.0. The molecule has 1 aromatic heterocycles. The molecule has 0 spiro atoms. The van der Waals surface area contributed by atoms with Crippen molar-refractivity contribution in [3.8, 4) is 33.4 Å². The third-order valence-corrected chi connectivity index (χ3v) is 12.7. The molecule has 0 radical (unpaired) electrons. The largest absolute Gasteiger partial charge is 0.454 e. The molecule has 0 saturated carbocycles. The second-order valence-electron chi connectivity index (χ2n) is 16.0. The van der Waals surface area contributed by atoms with Gasteiger partial charge in [-0.05, 0) is 97.2 Å². The van der Waals surface area contributed by atoms with Crippen LogP contribution in [0.1, 0.15) is 22.3 Å². The number of fused-ring (bicyclic) bond motifs is 7. The molecule has 2 heteroatoms. The normalized spacial score (nSPS) is 12.7. The smallest absolute Gasteiger partial charge is 0.159 e. The summed E-state index contributed by atoms with van der Waals surface area (Å²) < 4.78 is 6.85. The van der Waals surface area contributed by atoms with Gasteiger partial charge in [-0.25, -0.2) is 0 Å². The van der Waals surface area contributed by atoms with E-state index in [1.807, 2.05) is 6.07 Å². The standard InChI is InChI=1S/C59H39NO/c1-3-22-43(23-4-1)59(44-24-5-2-6-25-44)53-32-12-9-28-49(53)50-37-36-45(39-54(50)59)60(56-34-17-31-52-51-29-11-14-35-57(51)61-58(52)56)55-33-13-10-27-48(55)42-21-15-20-41(38-42)47-30-16-19-40-18-7-8-26-46(40)47/h1-39H. The van der Waals surface area contributed by atoms with Gasteiger partial charge in [0.05, 0.1) is 16.8 Å². The average Bonchev–Trinajstić information content (AvgIpc) is 3.87. The van der Waals surface area contributed by atoms with Crippen LogP contribution in [0.25, 0.3) is 66.1 Å². The predicted octanol–water partition coefficient (Wildman–Crippen LogP) is 15.9. The number of hydrogen-bond donors (Lipinski definition) is 0. The molecule has 12 rings (SSSR count). The van der Waals surface area contributed by atoms with Gasteiger partial charge in [0.25, 0.3) is 0 Å². The van der Waals surface area contributed by atoms with Crippen molar-refractivity contribution in [2.24, 2.45) is 0 Å². The van der Waals surface area contributed by atoms with Crippen LogP contribution < -0.4 is 4.90 Å². The monoisotopic (exact) mass is 777 g/mol. The van der Waals surface area contributed by atoms with Gasteiger partial charge < -0.3 is 9.32 Å². The van der Waals surface area contributed by atoms with Crippen LogP contribution in [-0.4, -0.2) is 0 Å². The Balaban J connectivity index is 1.13. The van der Waals surface area contributed by atoms with Crippen molar-refractivity contribution in [2.75, 3.05) is 4.90 Å². The minimum Gasteiger partial charge on any atom is -0.454 e. The molecule has 0 amide bonds. The van der Waals surface area contributed by atoms with E-state index in [4.69, 9.17) is 4.42 Å². The van der Waals surface area contributed by atoms with Gasteiger partial charge in [0, 0.05) is 22.0 Å². The molecule has 0 aliphatic heterocycles. The van der Waals surface area contributed by atoms with Crippen molar-refractivity contribution >= 4 is 49.8 Å². The van der Waals surface area contributed by atoms with Crippen molar-refractivity contribution in [1.82, 2.24) is 0 Å². The van der Waals surface area contributed by atoms with E-state index in [-0.39, 0.29) is 0 Å². The van der Waals surface area contributed by atoms with Crippen molar-refractivity contribution in [3.05, 3.63) is 259 Å². The number of rotatable bonds is 7. The van der Waals surface area contributed by atoms with E-state index in [0.29, 0.717) is 0 Å². The van der Waals surface area contributed by atoms with E-state index in [1.54, 1.807) is 0 Å². The van der Waals surface area contributed by atoms with Gasteiger partial charge in [-0.3, -0.25) is 0 Å². The van der Waals surface area contributed by atoms with Crippen molar-refractivity contribution in [3.63, 3.8) is 0 Å². The Hall–Kier alpha value is -7.94. The molecule has 286 valence electrons. The highest BCUT2D eigenvalue weighted by atomic mass is 16.3. The predicted molar refractivity (Wildman–Crippen MR) is 254 cm³/mol. The third-order valence-electron chi connectivity index (χ3n) is 12.7. The molecular weight excluding hydrogens is 739 g/mol. The van der Waals surface area contributed by atoms with Crippen molar-refractivity contribution in [1.29, 1.82) is 0 Å². The highest BCUT2D eigenvalue weighted by Gasteiger charge is 2.46. The molecule has 0 saturated heterocycles. The number of nitrogens with zero attached hydrogens (tertiary/aromatic N) is 1. The topological polar surface area (TPSA) is 16.4 Å². The molecule has 0 fully saturated rings. The van der Waals surface area contributed by atoms with Gasteiger partial charge >= 0.3 is 0 Å². The first kappa shape index (κ1) is 35.0. The maximum atomic E-state index is 6.85. The Bertz CT molecular complexity index is 3390. The summed E-state index contributed by atoms with van der Waals surface area (Å²) in [4.78, 5) is 2.43. The summed E-state index contributed by atoms with van der Waals surface area (Å²) in [5, 5.41) is 4.67. The van der Waals surface area contributed by atoms with Crippen LogP contribution in [0, 0.1) is 0 Å². The second-order valence-corrected chi connectivity index (χ2v) is 16.0. The summed E-state index contributed by atoms with van der Waals surface area (Å²) in [7, 11) is 0. The lowest BCUT2D eigenvalue weighted by Crippen LogP contribution is -2.28. The first-order chi connectivity index (χ1) is 30.3. The van der Waals surface area contributed by atoms with Crippen LogP contribution >= 0.6 is 0 Å². The Labute approximate surface area is 355 Å². The van der Waals surface area contributed by atoms with Gasteiger partial charge in [-0.2, -0.15) is 0 Å². The highest BCUT2D eigenvalue weighted by Crippen LogP contribution is 2.58. The Morgan fingerprint density at radius 3 is 1.72 bits per heavy atom. The van der Waals surface area contributed by atoms with Gasteiger partial charge in [-0.15, -0.1) is 0 Å². The molecule has 2 nitrogen and oxygen atoms in total. The van der Waals surface area contributed by atoms with Crippen LogP contribution in [0.15, 0.2) is 241 Å². The van der Waals surface area contributed by atoms with E-state index in [0.717, 1.165) is 50.1 Å². The van der Waals surface area contributed by atoms with E-state index in [2.05, 4.69) is 235 Å². The van der Waals surface area contributed by atoms with Crippen LogP contribution in [0.4, 0.5) is 17.1 Å². The third kappa shape index (κ3) is 5.43. The summed E-state index contributed by atoms with van der Waals surface area (Å²) in [5.74, 6) is 0. The molecule has 1 aliphatic carbocycles. The number of hydrogen-bond acceptors (Lipinski definition) is 2. The molecule has 0 bridgehead atoms. The number of para-hydroxylation sites is 3. The zero-order valence-corrected chi connectivity index (χ0v) is 33.4. The molecule has 61 heavy (non-hydrogen) atoms. The minimum atomic E-state index is -0.548. The van der Waals surface area contributed by atoms with Gasteiger partial charge in [0.2, 0.25) is 0 Å². The quantitative estimate of drug-likeness (QED) is 0.160. The van der Waals surface area contributed by atoms with E-state index < -0.39 is 5.41 Å². The fourth-order valence-electron chi connectivity index (χ4n) is 10.1. The Kier molecular flexibility index (Phi) is 8.11. The molecule has 10 aromatic carbocycles. The Morgan fingerprint density at radius 1 is 0.344 bits per heavy atom. The average molecular weight is 778 g/mol. The van der Waals surface area contributed by atoms with Gasteiger partial charge in [0.1, 0.15) is 5.58 Å². The lowest BCUT2D eigenvalue weighted by Gasteiger charge is -2.35. The van der Waals surface area contributed by atoms with Crippen LogP contribution in [0.5, 0.6) is 0 Å². The summed E-state index contributed by atoms with van der Waals surface area (Å²) >= 11 is 0.